The number of nitrogens with one attached hydrogen (secondary N) is 1. The van der Waals surface area contributed by atoms with E-state index in [9.17, 15) is 14.4 Å². The summed E-state index contributed by atoms with van der Waals surface area (Å²) in [5.41, 5.74) is 5.77. The number of rotatable bonds is 12. The molecule has 0 aliphatic heterocycles. The molecule has 0 spiro atoms. The third-order valence-electron chi connectivity index (χ3n) is 5.56. The number of nitrogens with two attached hydrogens (primary N) is 1. The minimum absolute atomic E-state index is 0.0599. The number of nitrogens with zero attached hydrogens (tertiary/aromatic N) is 2. The number of ether oxygens (including phenoxy) is 2. The number of aromatic amines is 1. The molecule has 192 valence electrons. The number of aromatic nitrogens is 2. The second-order valence-electron chi connectivity index (χ2n) is 8.88. The van der Waals surface area contributed by atoms with Crippen LogP contribution < -0.4 is 31.4 Å². The van der Waals surface area contributed by atoms with Gasteiger partial charge in [0.25, 0.3) is 11.5 Å². The van der Waals surface area contributed by atoms with Crippen LogP contribution in [0.5, 0.6) is 11.5 Å². The van der Waals surface area contributed by atoms with Gasteiger partial charge in [-0.1, -0.05) is 63.2 Å². The van der Waals surface area contributed by atoms with Crippen LogP contribution in [-0.2, 0) is 11.3 Å². The molecular formula is C27H34N4O5. The summed E-state index contributed by atoms with van der Waals surface area (Å²) in [6.45, 7) is 6.61. The van der Waals surface area contributed by atoms with Crippen LogP contribution in [0, 0.1) is 5.92 Å². The monoisotopic (exact) mass is 494 g/mol. The fraction of sp³-hybridized carbons (Fsp3) is 0.370. The Labute approximate surface area is 210 Å². The maximum Gasteiger partial charge on any atom is 0.330 e. The second kappa shape index (κ2) is 12.6. The smallest absolute Gasteiger partial charge is 0.330 e. The normalized spacial score (nSPS) is 10.9. The van der Waals surface area contributed by atoms with Gasteiger partial charge in [0.1, 0.15) is 5.82 Å². The van der Waals surface area contributed by atoms with Gasteiger partial charge in [0.05, 0.1) is 13.2 Å². The van der Waals surface area contributed by atoms with E-state index in [0.717, 1.165) is 12.0 Å². The summed E-state index contributed by atoms with van der Waals surface area (Å²) in [6.07, 6.45) is 1.45. The van der Waals surface area contributed by atoms with Crippen molar-refractivity contribution in [2.24, 2.45) is 5.92 Å². The highest BCUT2D eigenvalue weighted by molar-refractivity contribution is 5.96. The van der Waals surface area contributed by atoms with Crippen molar-refractivity contribution in [1.29, 1.82) is 0 Å². The number of nitrogen functional groups attached to an aromatic ring is 1. The molecule has 1 aromatic heterocycles. The van der Waals surface area contributed by atoms with Crippen molar-refractivity contribution in [2.75, 3.05) is 30.4 Å². The topological polar surface area (TPSA) is 120 Å². The first-order chi connectivity index (χ1) is 17.3. The number of carbonyl (C=O) groups excluding carboxylic acids is 1. The van der Waals surface area contributed by atoms with Crippen molar-refractivity contribution in [3.8, 4) is 11.5 Å². The number of hydrogen-bond donors (Lipinski definition) is 2. The molecule has 3 aromatic rings. The fourth-order valence-electron chi connectivity index (χ4n) is 3.63. The van der Waals surface area contributed by atoms with Crippen LogP contribution in [0.4, 0.5) is 11.5 Å². The molecular weight excluding hydrogens is 460 g/mol. The highest BCUT2D eigenvalue weighted by Crippen LogP contribution is 2.27. The first-order valence-electron chi connectivity index (χ1n) is 12.1. The van der Waals surface area contributed by atoms with Gasteiger partial charge >= 0.3 is 5.69 Å². The average molecular weight is 495 g/mol. The van der Waals surface area contributed by atoms with Gasteiger partial charge in [-0.05, 0) is 36.5 Å². The number of H-pyrrole nitrogens is 1. The molecule has 36 heavy (non-hydrogen) atoms. The number of carbonyl (C=O) groups is 1. The lowest BCUT2D eigenvalue weighted by molar-refractivity contribution is -0.120. The maximum atomic E-state index is 13.4. The van der Waals surface area contributed by atoms with Crippen LogP contribution >= 0.6 is 0 Å². The Morgan fingerprint density at radius 1 is 1.03 bits per heavy atom. The Balaban J connectivity index is 1.92. The van der Waals surface area contributed by atoms with Gasteiger partial charge in [-0.3, -0.25) is 19.1 Å². The zero-order valence-electron chi connectivity index (χ0n) is 21.0. The van der Waals surface area contributed by atoms with Crippen molar-refractivity contribution in [1.82, 2.24) is 9.55 Å². The van der Waals surface area contributed by atoms with E-state index in [1.165, 1.54) is 9.47 Å². The van der Waals surface area contributed by atoms with Crippen molar-refractivity contribution < 1.29 is 14.3 Å². The summed E-state index contributed by atoms with van der Waals surface area (Å²) in [6, 6.07) is 16.4. The summed E-state index contributed by atoms with van der Waals surface area (Å²) in [7, 11) is 0. The van der Waals surface area contributed by atoms with Crippen LogP contribution in [0.25, 0.3) is 0 Å². The number of para-hydroxylation sites is 2. The fourth-order valence-corrected chi connectivity index (χ4v) is 3.63. The second-order valence-corrected chi connectivity index (χ2v) is 8.88. The summed E-state index contributed by atoms with van der Waals surface area (Å²) < 4.78 is 12.8. The quantitative estimate of drug-likeness (QED) is 0.398. The Morgan fingerprint density at radius 2 is 1.67 bits per heavy atom. The SMILES string of the molecule is CCCOc1ccccc1OCC(=O)N(CCC(C)C)c1c(N)n(Cc2ccccc2)c(=O)[nH]c1=O. The van der Waals surface area contributed by atoms with E-state index in [-0.39, 0.29) is 37.1 Å². The molecule has 0 saturated carbocycles. The molecule has 0 aliphatic rings. The molecule has 3 N–H and O–H groups in total. The predicted octanol–water partition coefficient (Wildman–Crippen LogP) is 3.41. The Morgan fingerprint density at radius 3 is 2.31 bits per heavy atom. The highest BCUT2D eigenvalue weighted by atomic mass is 16.5. The van der Waals surface area contributed by atoms with E-state index < -0.39 is 17.2 Å². The molecule has 0 fully saturated rings. The number of benzene rings is 2. The van der Waals surface area contributed by atoms with E-state index in [4.69, 9.17) is 15.2 Å². The van der Waals surface area contributed by atoms with E-state index in [1.807, 2.05) is 57.2 Å². The summed E-state index contributed by atoms with van der Waals surface area (Å²) in [4.78, 5) is 42.5. The Hall–Kier alpha value is -4.01. The molecule has 1 amide bonds. The largest absolute Gasteiger partial charge is 0.490 e. The minimum Gasteiger partial charge on any atom is -0.490 e. The molecule has 0 saturated heterocycles. The van der Waals surface area contributed by atoms with E-state index >= 15 is 0 Å². The minimum atomic E-state index is -0.717. The van der Waals surface area contributed by atoms with Gasteiger partial charge in [0.2, 0.25) is 0 Å². The first-order valence-corrected chi connectivity index (χ1v) is 12.1. The molecule has 9 nitrogen and oxygen atoms in total. The summed E-state index contributed by atoms with van der Waals surface area (Å²) in [5, 5.41) is 0. The summed E-state index contributed by atoms with van der Waals surface area (Å²) in [5.74, 6) is 0.702. The van der Waals surface area contributed by atoms with Crippen molar-refractivity contribution in [2.45, 2.75) is 40.2 Å². The van der Waals surface area contributed by atoms with E-state index in [1.54, 1.807) is 18.2 Å². The maximum absolute atomic E-state index is 13.4. The van der Waals surface area contributed by atoms with Crippen LogP contribution in [0.15, 0.2) is 64.2 Å². The van der Waals surface area contributed by atoms with Gasteiger partial charge in [0.15, 0.2) is 23.8 Å². The molecule has 0 atom stereocenters. The molecule has 3 rings (SSSR count). The lowest BCUT2D eigenvalue weighted by Gasteiger charge is -2.25. The van der Waals surface area contributed by atoms with Gasteiger partial charge in [0, 0.05) is 6.54 Å². The number of amides is 1. The lowest BCUT2D eigenvalue weighted by atomic mass is 10.1. The Bertz CT molecular complexity index is 1270. The standard InChI is InChI=1S/C27H34N4O5/c1-4-16-35-21-12-8-9-13-22(21)36-18-23(32)30(15-14-19(2)3)24-25(28)31(27(34)29-26(24)33)17-20-10-6-5-7-11-20/h5-13,19H,4,14-18,28H2,1-3H3,(H,29,33,34). The third-order valence-corrected chi connectivity index (χ3v) is 5.56. The summed E-state index contributed by atoms with van der Waals surface area (Å²) >= 11 is 0. The first kappa shape index (κ1) is 26.6. The zero-order chi connectivity index (χ0) is 26.1. The molecule has 0 aliphatic carbocycles. The Kier molecular flexibility index (Phi) is 9.32. The zero-order valence-corrected chi connectivity index (χ0v) is 21.0. The third kappa shape index (κ3) is 6.78. The van der Waals surface area contributed by atoms with Gasteiger partial charge in [-0.15, -0.1) is 0 Å². The highest BCUT2D eigenvalue weighted by Gasteiger charge is 2.25. The van der Waals surface area contributed by atoms with Gasteiger partial charge in [-0.2, -0.15) is 0 Å². The van der Waals surface area contributed by atoms with E-state index in [2.05, 4.69) is 4.98 Å². The molecule has 0 unspecified atom stereocenters. The van der Waals surface area contributed by atoms with Crippen LogP contribution in [0.2, 0.25) is 0 Å². The molecule has 9 heteroatoms. The van der Waals surface area contributed by atoms with Crippen molar-refractivity contribution in [3.05, 3.63) is 81.0 Å². The molecule has 0 radical (unpaired) electrons. The predicted molar refractivity (Wildman–Crippen MR) is 141 cm³/mol. The molecule has 2 aromatic carbocycles. The number of anilines is 2. The van der Waals surface area contributed by atoms with Crippen LogP contribution in [0.1, 0.15) is 39.2 Å². The van der Waals surface area contributed by atoms with Crippen molar-refractivity contribution >= 4 is 17.4 Å². The number of hydrogen-bond acceptors (Lipinski definition) is 6. The van der Waals surface area contributed by atoms with Crippen LogP contribution in [-0.4, -0.2) is 35.2 Å². The van der Waals surface area contributed by atoms with Crippen molar-refractivity contribution in [3.63, 3.8) is 0 Å². The van der Waals surface area contributed by atoms with Crippen LogP contribution in [0.3, 0.4) is 0 Å². The molecule has 1 heterocycles. The molecule has 0 bridgehead atoms. The lowest BCUT2D eigenvalue weighted by Crippen LogP contribution is -2.43. The van der Waals surface area contributed by atoms with Gasteiger partial charge in [-0.25, -0.2) is 4.79 Å². The van der Waals surface area contributed by atoms with Gasteiger partial charge < -0.3 is 20.1 Å². The average Bonchev–Trinajstić information content (AvgIpc) is 2.86. The van der Waals surface area contributed by atoms with E-state index in [0.29, 0.717) is 24.5 Å².